The first-order valence-electron chi connectivity index (χ1n) is 5.60. The smallest absolute Gasteiger partial charge is 0.271 e. The van der Waals surface area contributed by atoms with E-state index in [1.165, 1.54) is 4.68 Å². The number of phenols is 1. The van der Waals surface area contributed by atoms with E-state index in [1.807, 2.05) is 19.9 Å². The Hall–Kier alpha value is -2.36. The Morgan fingerprint density at radius 3 is 2.44 bits per heavy atom. The summed E-state index contributed by atoms with van der Waals surface area (Å²) in [7, 11) is 0. The highest BCUT2D eigenvalue weighted by atomic mass is 16.3. The zero-order chi connectivity index (χ0) is 13.1. The number of hydrogen-bond acceptors (Lipinski definition) is 3. The summed E-state index contributed by atoms with van der Waals surface area (Å²) in [6, 6.07) is 10.1. The normalized spacial score (nSPS) is 11.0. The molecule has 92 valence electrons. The monoisotopic (exact) mass is 242 g/mol. The molecule has 0 radical (unpaired) electrons. The topological polar surface area (TPSA) is 54.6 Å². The fourth-order valence-electron chi connectivity index (χ4n) is 1.69. The Kier molecular flexibility index (Phi) is 3.28. The molecule has 0 aliphatic carbocycles. The lowest BCUT2D eigenvalue weighted by atomic mass is 10.2. The second-order valence-corrected chi connectivity index (χ2v) is 4.16. The number of aromatic nitrogens is 1. The van der Waals surface area contributed by atoms with Gasteiger partial charge in [-0.2, -0.15) is 5.10 Å². The summed E-state index contributed by atoms with van der Waals surface area (Å²) in [5.41, 5.74) is 2.38. The molecule has 2 aromatic rings. The molecule has 0 atom stereocenters. The lowest BCUT2D eigenvalue weighted by Crippen LogP contribution is -2.18. The van der Waals surface area contributed by atoms with E-state index in [0.29, 0.717) is 0 Å². The SMILES string of the molecule is Cc1cc(C)n(N=Cc2ccc(O)cc2)c(=O)c1. The van der Waals surface area contributed by atoms with E-state index in [-0.39, 0.29) is 11.3 Å². The van der Waals surface area contributed by atoms with E-state index in [0.717, 1.165) is 16.8 Å². The van der Waals surface area contributed by atoms with Crippen LogP contribution in [0.25, 0.3) is 0 Å². The summed E-state index contributed by atoms with van der Waals surface area (Å²) in [6.07, 6.45) is 1.59. The second-order valence-electron chi connectivity index (χ2n) is 4.16. The van der Waals surface area contributed by atoms with Crippen LogP contribution in [0.4, 0.5) is 0 Å². The molecule has 4 heteroatoms. The molecule has 0 spiro atoms. The van der Waals surface area contributed by atoms with Gasteiger partial charge in [0.2, 0.25) is 0 Å². The fourth-order valence-corrected chi connectivity index (χ4v) is 1.69. The van der Waals surface area contributed by atoms with Crippen molar-refractivity contribution in [3.05, 3.63) is 63.6 Å². The number of aryl methyl sites for hydroxylation is 2. The fraction of sp³-hybridized carbons (Fsp3) is 0.143. The van der Waals surface area contributed by atoms with E-state index >= 15 is 0 Å². The molecule has 0 aliphatic heterocycles. The second kappa shape index (κ2) is 4.87. The first-order chi connectivity index (χ1) is 8.56. The number of hydrogen-bond donors (Lipinski definition) is 1. The summed E-state index contributed by atoms with van der Waals surface area (Å²) < 4.78 is 1.35. The lowest BCUT2D eigenvalue weighted by Gasteiger charge is -2.03. The summed E-state index contributed by atoms with van der Waals surface area (Å²) >= 11 is 0. The average Bonchev–Trinajstić information content (AvgIpc) is 2.30. The number of pyridine rings is 1. The quantitative estimate of drug-likeness (QED) is 0.819. The molecule has 0 saturated carbocycles. The van der Waals surface area contributed by atoms with Crippen molar-refractivity contribution in [2.75, 3.05) is 0 Å². The van der Waals surface area contributed by atoms with Crippen molar-refractivity contribution in [2.45, 2.75) is 13.8 Å². The van der Waals surface area contributed by atoms with Gasteiger partial charge in [0.1, 0.15) is 5.75 Å². The Bertz CT molecular complexity index is 640. The Balaban J connectivity index is 2.35. The van der Waals surface area contributed by atoms with E-state index in [2.05, 4.69) is 5.10 Å². The number of benzene rings is 1. The van der Waals surface area contributed by atoms with E-state index in [1.54, 1.807) is 36.5 Å². The summed E-state index contributed by atoms with van der Waals surface area (Å²) in [5.74, 6) is 0.204. The largest absolute Gasteiger partial charge is 0.508 e. The zero-order valence-corrected chi connectivity index (χ0v) is 10.3. The summed E-state index contributed by atoms with van der Waals surface area (Å²) in [6.45, 7) is 3.71. The molecule has 1 aromatic carbocycles. The van der Waals surface area contributed by atoms with Gasteiger partial charge in [-0.15, -0.1) is 0 Å². The molecule has 1 N–H and O–H groups in total. The number of phenolic OH excluding ortho intramolecular Hbond substituents is 1. The van der Waals surface area contributed by atoms with Crippen LogP contribution in [0.5, 0.6) is 5.75 Å². The molecule has 1 heterocycles. The van der Waals surface area contributed by atoms with Gasteiger partial charge in [0.25, 0.3) is 5.56 Å². The highest BCUT2D eigenvalue weighted by Gasteiger charge is 1.98. The Morgan fingerprint density at radius 2 is 1.83 bits per heavy atom. The van der Waals surface area contributed by atoms with Crippen LogP contribution < -0.4 is 5.56 Å². The van der Waals surface area contributed by atoms with Crippen molar-refractivity contribution < 1.29 is 5.11 Å². The van der Waals surface area contributed by atoms with Crippen LogP contribution in [0.3, 0.4) is 0 Å². The minimum Gasteiger partial charge on any atom is -0.508 e. The van der Waals surface area contributed by atoms with Crippen molar-refractivity contribution in [1.29, 1.82) is 0 Å². The zero-order valence-electron chi connectivity index (χ0n) is 10.3. The third-order valence-electron chi connectivity index (χ3n) is 2.55. The van der Waals surface area contributed by atoms with Gasteiger partial charge in [0, 0.05) is 11.8 Å². The van der Waals surface area contributed by atoms with Gasteiger partial charge in [-0.25, -0.2) is 4.68 Å². The molecule has 0 fully saturated rings. The number of rotatable bonds is 2. The summed E-state index contributed by atoms with van der Waals surface area (Å²) in [5, 5.41) is 13.3. The van der Waals surface area contributed by atoms with Crippen LogP contribution >= 0.6 is 0 Å². The molecular weight excluding hydrogens is 228 g/mol. The van der Waals surface area contributed by atoms with Gasteiger partial charge in [0.15, 0.2) is 0 Å². The Morgan fingerprint density at radius 1 is 1.17 bits per heavy atom. The third kappa shape index (κ3) is 2.66. The maximum atomic E-state index is 11.7. The number of aromatic hydroxyl groups is 1. The average molecular weight is 242 g/mol. The predicted molar refractivity (Wildman–Crippen MR) is 71.3 cm³/mol. The molecule has 1 aromatic heterocycles. The van der Waals surface area contributed by atoms with Gasteiger partial charge < -0.3 is 5.11 Å². The van der Waals surface area contributed by atoms with Gasteiger partial charge in [-0.3, -0.25) is 4.79 Å². The van der Waals surface area contributed by atoms with Crippen LogP contribution in [0, 0.1) is 13.8 Å². The molecule has 0 saturated heterocycles. The molecule has 0 bridgehead atoms. The van der Waals surface area contributed by atoms with Crippen molar-refractivity contribution in [3.63, 3.8) is 0 Å². The highest BCUT2D eigenvalue weighted by Crippen LogP contribution is 2.08. The summed E-state index contributed by atoms with van der Waals surface area (Å²) in [4.78, 5) is 11.7. The maximum absolute atomic E-state index is 11.7. The minimum absolute atomic E-state index is 0.150. The minimum atomic E-state index is -0.150. The molecule has 2 rings (SSSR count). The van der Waals surface area contributed by atoms with Crippen LogP contribution in [0.15, 0.2) is 46.3 Å². The lowest BCUT2D eigenvalue weighted by molar-refractivity contribution is 0.475. The van der Waals surface area contributed by atoms with Crippen molar-refractivity contribution in [2.24, 2.45) is 5.10 Å². The van der Waals surface area contributed by atoms with Crippen LogP contribution in [0.1, 0.15) is 16.8 Å². The van der Waals surface area contributed by atoms with Gasteiger partial charge in [0.05, 0.1) is 6.21 Å². The van der Waals surface area contributed by atoms with Crippen molar-refractivity contribution >= 4 is 6.21 Å². The highest BCUT2D eigenvalue weighted by molar-refractivity contribution is 5.79. The van der Waals surface area contributed by atoms with E-state index in [9.17, 15) is 4.79 Å². The van der Waals surface area contributed by atoms with Gasteiger partial charge in [-0.05, 0) is 55.3 Å². The van der Waals surface area contributed by atoms with Gasteiger partial charge in [-0.1, -0.05) is 0 Å². The van der Waals surface area contributed by atoms with Gasteiger partial charge >= 0.3 is 0 Å². The van der Waals surface area contributed by atoms with Crippen molar-refractivity contribution in [1.82, 2.24) is 4.68 Å². The van der Waals surface area contributed by atoms with Crippen LogP contribution in [0.2, 0.25) is 0 Å². The first-order valence-corrected chi connectivity index (χ1v) is 5.60. The standard InChI is InChI=1S/C14H14N2O2/c1-10-7-11(2)16(14(18)8-10)15-9-12-3-5-13(17)6-4-12/h3-9,17H,1-2H3. The molecule has 0 unspecified atom stereocenters. The third-order valence-corrected chi connectivity index (χ3v) is 2.55. The van der Waals surface area contributed by atoms with E-state index in [4.69, 9.17) is 5.11 Å². The molecular formula is C14H14N2O2. The predicted octanol–water partition coefficient (Wildman–Crippen LogP) is 2.05. The molecule has 4 nitrogen and oxygen atoms in total. The van der Waals surface area contributed by atoms with Crippen LogP contribution in [-0.2, 0) is 0 Å². The van der Waals surface area contributed by atoms with Crippen molar-refractivity contribution in [3.8, 4) is 5.75 Å². The molecule has 0 amide bonds. The van der Waals surface area contributed by atoms with E-state index < -0.39 is 0 Å². The van der Waals surface area contributed by atoms with Crippen LogP contribution in [-0.4, -0.2) is 16.0 Å². The molecule has 18 heavy (non-hydrogen) atoms. The maximum Gasteiger partial charge on any atom is 0.271 e. The molecule has 0 aliphatic rings. The first kappa shape index (κ1) is 12.1. The number of nitrogens with zero attached hydrogens (tertiary/aromatic N) is 2. The Labute approximate surface area is 105 Å².